The van der Waals surface area contributed by atoms with Crippen molar-refractivity contribution in [1.82, 2.24) is 42.6 Å². The molecule has 0 aliphatic carbocycles. The molecule has 16 N–H and O–H groups in total. The van der Waals surface area contributed by atoms with Gasteiger partial charge in [0.15, 0.2) is 11.7 Å². The first-order valence-corrected chi connectivity index (χ1v) is 20.0. The van der Waals surface area contributed by atoms with Crippen LogP contribution in [0.15, 0.2) is 4.99 Å². The number of ketones is 5. The number of carboxylic acids is 2. The molecule has 3 amide bonds. The van der Waals surface area contributed by atoms with Crippen LogP contribution in [-0.4, -0.2) is 166 Å². The van der Waals surface area contributed by atoms with Crippen molar-refractivity contribution in [3.8, 4) is 0 Å². The smallest absolute Gasteiger partial charge is 0.373 e. The molecule has 6 atom stereocenters. The van der Waals surface area contributed by atoms with E-state index in [0.29, 0.717) is 6.42 Å². The van der Waals surface area contributed by atoms with Gasteiger partial charge >= 0.3 is 11.9 Å². The Morgan fingerprint density at radius 2 is 1.59 bits per heavy atom. The molecule has 0 aromatic rings. The number of Topliss-reactive ketones (excluding diaryl/α,β-unsaturated/α-hetero) is 5. The Morgan fingerprint density at radius 1 is 0.914 bits per heavy atom. The molecule has 1 aliphatic rings. The summed E-state index contributed by atoms with van der Waals surface area (Å²) in [7, 11) is 1.98. The molecular weight excluding hydrogens is 813 g/mol. The number of hydrazine groups is 2. The van der Waals surface area contributed by atoms with E-state index in [2.05, 4.69) is 42.5 Å². The number of carbonyl (C=O) groups is 10. The Balaban J connectivity index is 3.03. The van der Waals surface area contributed by atoms with E-state index >= 15 is 0 Å². The van der Waals surface area contributed by atoms with E-state index in [1.807, 2.05) is 0 Å². The number of aliphatic hydroxyl groups is 1. The van der Waals surface area contributed by atoms with Crippen molar-refractivity contribution in [2.45, 2.75) is 81.5 Å². The number of aliphatic carboxylic acids is 2. The molecule has 27 heteroatoms. The minimum absolute atomic E-state index is 0.0573. The van der Waals surface area contributed by atoms with Gasteiger partial charge in [-0.25, -0.2) is 26.1 Å². The predicted octanol–water partition coefficient (Wildman–Crippen LogP) is -6.42. The van der Waals surface area contributed by atoms with Crippen molar-refractivity contribution >= 4 is 86.1 Å². The van der Waals surface area contributed by atoms with Crippen LogP contribution in [0.4, 0.5) is 0 Å². The minimum atomic E-state index is -1.77. The topological polar surface area (TPSA) is 409 Å². The van der Waals surface area contributed by atoms with Crippen LogP contribution in [0, 0.1) is 0 Å². The van der Waals surface area contributed by atoms with Crippen LogP contribution >= 0.6 is 21.6 Å². The Labute approximate surface area is 340 Å². The second kappa shape index (κ2) is 27.1. The van der Waals surface area contributed by atoms with Crippen LogP contribution in [0.1, 0.15) is 46.0 Å². The van der Waals surface area contributed by atoms with E-state index in [-0.39, 0.29) is 63.1 Å². The summed E-state index contributed by atoms with van der Waals surface area (Å²) in [6.45, 7) is 0.694. The van der Waals surface area contributed by atoms with E-state index in [4.69, 9.17) is 22.3 Å². The zero-order chi connectivity index (χ0) is 43.9. The van der Waals surface area contributed by atoms with Gasteiger partial charge in [0, 0.05) is 13.1 Å². The molecule has 1 unspecified atom stereocenters. The number of aliphatic hydroxyl groups excluding tert-OH is 1. The summed E-state index contributed by atoms with van der Waals surface area (Å²) >= 11 is 0. The lowest BCUT2D eigenvalue weighted by Gasteiger charge is -2.31. The van der Waals surface area contributed by atoms with E-state index < -0.39 is 108 Å². The number of aliphatic imine (C=N–C) groups is 1. The van der Waals surface area contributed by atoms with Crippen molar-refractivity contribution in [2.75, 3.05) is 45.2 Å². The van der Waals surface area contributed by atoms with Gasteiger partial charge < -0.3 is 43.2 Å². The van der Waals surface area contributed by atoms with Gasteiger partial charge in [0.1, 0.15) is 23.2 Å². The lowest BCUT2D eigenvalue weighted by atomic mass is 10.0. The average molecular weight is 865 g/mol. The molecule has 0 aromatic heterocycles. The van der Waals surface area contributed by atoms with E-state index in [1.54, 1.807) is 0 Å². The molecule has 25 nitrogen and oxygen atoms in total. The molecule has 0 radical (unpaired) electrons. The zero-order valence-electron chi connectivity index (χ0n) is 31.8. The average Bonchev–Trinajstić information content (AvgIpc) is 3.62. The van der Waals surface area contributed by atoms with Crippen LogP contribution in [-0.2, 0) is 47.9 Å². The molecule has 1 saturated heterocycles. The van der Waals surface area contributed by atoms with Crippen molar-refractivity contribution in [3.05, 3.63) is 0 Å². The highest BCUT2D eigenvalue weighted by Gasteiger charge is 2.40. The number of guanidine groups is 1. The van der Waals surface area contributed by atoms with Crippen molar-refractivity contribution in [3.63, 3.8) is 0 Å². The Morgan fingerprint density at radius 3 is 2.17 bits per heavy atom. The van der Waals surface area contributed by atoms with Crippen molar-refractivity contribution < 1.29 is 63.3 Å². The molecule has 326 valence electrons. The SMILES string of the molecule is CC(=O)CNC(=O)[C@H](CCCN=C(N)N)NC(=O)CNN[C@@H](CC(=O)O)C(=O)C(=O)[C@H](CO)NN1CCC[C@H]1C(=O)C(N[C@@H](C)C(=O)C(=O)O)SSCNCC(N)=O. The molecular formula is C31H52N12O13S2. The maximum atomic E-state index is 13.8. The van der Waals surface area contributed by atoms with E-state index in [0.717, 1.165) is 21.6 Å². The molecule has 0 aromatic carbocycles. The second-order valence-corrected chi connectivity index (χ2v) is 15.1. The number of carboxylic acid groups (broad SMARTS) is 2. The van der Waals surface area contributed by atoms with Crippen LogP contribution < -0.4 is 54.7 Å². The van der Waals surface area contributed by atoms with E-state index in [1.165, 1.54) is 18.9 Å². The van der Waals surface area contributed by atoms with E-state index in [9.17, 15) is 58.2 Å². The zero-order valence-corrected chi connectivity index (χ0v) is 33.4. The van der Waals surface area contributed by atoms with Gasteiger partial charge in [-0.1, -0.05) is 21.6 Å². The molecule has 58 heavy (non-hydrogen) atoms. The first-order chi connectivity index (χ1) is 27.3. The molecule has 1 heterocycles. The normalized spacial score (nSPS) is 16.5. The Bertz CT molecular complexity index is 1530. The van der Waals surface area contributed by atoms with Gasteiger partial charge in [-0.05, 0) is 39.5 Å². The van der Waals surface area contributed by atoms with Gasteiger partial charge in [-0.2, -0.15) is 0 Å². The monoisotopic (exact) mass is 864 g/mol. The number of nitrogens with zero attached hydrogens (tertiary/aromatic N) is 2. The standard InChI is InChI=1S/C31H52N12O13S2/c1-15(45)10-37-28(54)17(5-3-7-36-31(33)34)40-22(47)12-38-41-18(9-23(48)49)25(51)26(52)19(13-44)42-43-8-4-6-20(43)27(53)29(39-16(2)24(50)30(55)56)58-57-14-35-11-21(32)46/h16-20,29,35,38-39,41-42,44H,3-14H2,1-2H3,(H2,32,46)(H,37,54)(H,40,47)(H,48,49)(H,55,56)(H4,33,34,36)/t16-,17-,18-,19-,20-,29?/m0/s1. The fourth-order valence-corrected chi connectivity index (χ4v) is 7.29. The third-order valence-electron chi connectivity index (χ3n) is 7.86. The van der Waals surface area contributed by atoms with Gasteiger partial charge in [0.05, 0.1) is 56.7 Å². The summed E-state index contributed by atoms with van der Waals surface area (Å²) in [5, 5.41) is 39.0. The number of hydrogen-bond donors (Lipinski definition) is 13. The summed E-state index contributed by atoms with van der Waals surface area (Å²) in [6, 6.07) is -6.89. The quantitative estimate of drug-likeness (QED) is 0.00569. The van der Waals surface area contributed by atoms with Crippen LogP contribution in [0.2, 0.25) is 0 Å². The molecule has 0 bridgehead atoms. The number of hydrogen-bond acceptors (Lipinski definition) is 20. The molecule has 1 fully saturated rings. The number of nitrogens with two attached hydrogens (primary N) is 3. The number of carbonyl (C=O) groups excluding carboxylic acids is 8. The summed E-state index contributed by atoms with van der Waals surface area (Å²) in [6.07, 6.45) is -0.0375. The van der Waals surface area contributed by atoms with Gasteiger partial charge in [-0.15, -0.1) is 0 Å². The Kier molecular flexibility index (Phi) is 24.1. The Hall–Kier alpha value is -4.61. The number of amides is 3. The van der Waals surface area contributed by atoms with Gasteiger partial charge in [-0.3, -0.25) is 58.8 Å². The number of rotatable bonds is 32. The van der Waals surface area contributed by atoms with Gasteiger partial charge in [0.2, 0.25) is 29.3 Å². The maximum absolute atomic E-state index is 13.8. The summed E-state index contributed by atoms with van der Waals surface area (Å²) in [5.41, 5.74) is 23.0. The number of primary amides is 1. The highest BCUT2D eigenvalue weighted by Crippen LogP contribution is 2.29. The molecule has 1 aliphatic heterocycles. The summed E-state index contributed by atoms with van der Waals surface area (Å²) < 4.78 is 0. The van der Waals surface area contributed by atoms with Crippen LogP contribution in [0.3, 0.4) is 0 Å². The van der Waals surface area contributed by atoms with Crippen LogP contribution in [0.5, 0.6) is 0 Å². The first-order valence-electron chi connectivity index (χ1n) is 17.7. The summed E-state index contributed by atoms with van der Waals surface area (Å²) in [4.78, 5) is 127. The van der Waals surface area contributed by atoms with Crippen molar-refractivity contribution in [1.29, 1.82) is 0 Å². The third-order valence-corrected chi connectivity index (χ3v) is 10.2. The fraction of sp³-hybridized carbons (Fsp3) is 0.645. The first kappa shape index (κ1) is 51.4. The predicted molar refractivity (Wildman–Crippen MR) is 208 cm³/mol. The fourth-order valence-electron chi connectivity index (χ4n) is 5.07. The highest BCUT2D eigenvalue weighted by molar-refractivity contribution is 8.77. The molecule has 1 rings (SSSR count). The van der Waals surface area contributed by atoms with Crippen LogP contribution in [0.25, 0.3) is 0 Å². The largest absolute Gasteiger partial charge is 0.481 e. The summed E-state index contributed by atoms with van der Waals surface area (Å²) in [5.74, 6) is -10.1. The molecule has 0 spiro atoms. The highest BCUT2D eigenvalue weighted by atomic mass is 33.1. The number of nitrogens with one attached hydrogen (secondary N) is 7. The second-order valence-electron chi connectivity index (χ2n) is 12.7. The lowest BCUT2D eigenvalue weighted by molar-refractivity contribution is -0.150. The van der Waals surface area contributed by atoms with Gasteiger partial charge in [0.25, 0.3) is 5.78 Å². The molecule has 0 saturated carbocycles. The lowest BCUT2D eigenvalue weighted by Crippen LogP contribution is -2.60. The third kappa shape index (κ3) is 19.7. The van der Waals surface area contributed by atoms with Crippen molar-refractivity contribution in [2.24, 2.45) is 22.2 Å². The minimum Gasteiger partial charge on any atom is -0.481 e. The maximum Gasteiger partial charge on any atom is 0.373 e.